The van der Waals surface area contributed by atoms with Gasteiger partial charge in [-0.3, -0.25) is 0 Å². The maximum atomic E-state index is 15.3. The second kappa shape index (κ2) is 8.86. The van der Waals surface area contributed by atoms with Crippen LogP contribution < -0.4 is 15.4 Å². The molecule has 2 aromatic carbocycles. The van der Waals surface area contributed by atoms with Gasteiger partial charge >= 0.3 is 0 Å². The van der Waals surface area contributed by atoms with Gasteiger partial charge in [0.15, 0.2) is 11.5 Å². The van der Waals surface area contributed by atoms with Crippen molar-refractivity contribution in [3.63, 3.8) is 0 Å². The third kappa shape index (κ3) is 4.56. The van der Waals surface area contributed by atoms with E-state index in [0.717, 1.165) is 5.69 Å². The highest BCUT2D eigenvalue weighted by Crippen LogP contribution is 2.37. The number of ether oxygens (including phenoxy) is 2. The molecular formula is C25H20ClFN8O2. The maximum Gasteiger partial charge on any atom is 0.289 e. The highest BCUT2D eigenvalue weighted by atomic mass is 35.5. The zero-order valence-electron chi connectivity index (χ0n) is 19.7. The van der Waals surface area contributed by atoms with Crippen molar-refractivity contribution in [3.8, 4) is 11.5 Å². The summed E-state index contributed by atoms with van der Waals surface area (Å²) in [6.07, 6.45) is 4.52. The monoisotopic (exact) mass is 518 g/mol. The first-order chi connectivity index (χ1) is 17.8. The Bertz CT molecular complexity index is 1690. The normalized spacial score (nSPS) is 14.4. The molecule has 186 valence electrons. The summed E-state index contributed by atoms with van der Waals surface area (Å²) < 4.78 is 28.3. The quantitative estimate of drug-likeness (QED) is 0.310. The van der Waals surface area contributed by atoms with Crippen molar-refractivity contribution in [2.45, 2.75) is 19.4 Å². The fourth-order valence-electron chi connectivity index (χ4n) is 3.83. The van der Waals surface area contributed by atoms with Crippen LogP contribution >= 0.6 is 11.6 Å². The summed E-state index contributed by atoms with van der Waals surface area (Å²) in [4.78, 5) is 17.2. The van der Waals surface area contributed by atoms with Crippen molar-refractivity contribution >= 4 is 51.4 Å². The number of rotatable bonds is 5. The minimum atomic E-state index is -0.681. The largest absolute Gasteiger partial charge is 0.462 e. The molecule has 4 heterocycles. The first-order valence-electron chi connectivity index (χ1n) is 11.3. The van der Waals surface area contributed by atoms with Crippen LogP contribution in [-0.2, 0) is 4.74 Å². The molecule has 0 radical (unpaired) electrons. The highest BCUT2D eigenvalue weighted by Gasteiger charge is 2.26. The van der Waals surface area contributed by atoms with Gasteiger partial charge in [-0.2, -0.15) is 5.10 Å². The Hall–Kier alpha value is -4.51. The molecular weight excluding hydrogens is 499 g/mol. The van der Waals surface area contributed by atoms with Gasteiger partial charge in [-0.25, -0.2) is 28.9 Å². The van der Waals surface area contributed by atoms with Crippen molar-refractivity contribution in [1.82, 2.24) is 24.6 Å². The van der Waals surface area contributed by atoms with Gasteiger partial charge in [-0.05, 0) is 50.2 Å². The summed E-state index contributed by atoms with van der Waals surface area (Å²) in [7, 11) is 0. The van der Waals surface area contributed by atoms with Crippen LogP contribution in [0.2, 0.25) is 5.02 Å². The third-order valence-corrected chi connectivity index (χ3v) is 5.98. The molecule has 1 aliphatic heterocycles. The molecule has 0 saturated carbocycles. The molecule has 0 bridgehead atoms. The zero-order valence-corrected chi connectivity index (χ0v) is 20.5. The molecule has 0 unspecified atom stereocenters. The van der Waals surface area contributed by atoms with Gasteiger partial charge in [0.2, 0.25) is 0 Å². The molecule has 0 amide bonds. The van der Waals surface area contributed by atoms with Crippen molar-refractivity contribution < 1.29 is 13.9 Å². The molecule has 37 heavy (non-hydrogen) atoms. The lowest BCUT2D eigenvalue weighted by molar-refractivity contribution is 0.278. The number of nitrogens with one attached hydrogen (secondary N) is 2. The van der Waals surface area contributed by atoms with Crippen LogP contribution in [0.4, 0.5) is 21.6 Å². The van der Waals surface area contributed by atoms with Gasteiger partial charge < -0.3 is 20.1 Å². The molecule has 10 nitrogen and oxygen atoms in total. The number of anilines is 3. The van der Waals surface area contributed by atoms with Gasteiger partial charge in [0.25, 0.3) is 6.02 Å². The van der Waals surface area contributed by atoms with E-state index in [9.17, 15) is 0 Å². The molecule has 2 N–H and O–H groups in total. The second-order valence-electron chi connectivity index (χ2n) is 8.99. The molecule has 6 rings (SSSR count). The number of pyridine rings is 1. The lowest BCUT2D eigenvalue weighted by atomic mass is 10.1. The molecule has 5 aromatic rings. The number of aliphatic imine (C=N–C) groups is 1. The molecule has 0 fully saturated rings. The Balaban J connectivity index is 1.27. The van der Waals surface area contributed by atoms with Gasteiger partial charge in [0.05, 0.1) is 16.7 Å². The molecule has 0 aliphatic carbocycles. The van der Waals surface area contributed by atoms with Crippen molar-refractivity contribution in [2.24, 2.45) is 4.99 Å². The first kappa shape index (κ1) is 22.9. The van der Waals surface area contributed by atoms with Gasteiger partial charge in [-0.15, -0.1) is 0 Å². The summed E-state index contributed by atoms with van der Waals surface area (Å²) in [5, 5.41) is 10.7. The van der Waals surface area contributed by atoms with E-state index in [2.05, 4.69) is 35.7 Å². The summed E-state index contributed by atoms with van der Waals surface area (Å²) in [5.41, 5.74) is 1.84. The molecule has 1 aliphatic rings. The second-order valence-corrected chi connectivity index (χ2v) is 9.37. The Morgan fingerprint density at radius 3 is 2.78 bits per heavy atom. The van der Waals surface area contributed by atoms with Crippen LogP contribution in [0, 0.1) is 5.82 Å². The topological polar surface area (TPSA) is 111 Å². The number of benzene rings is 2. The van der Waals surface area contributed by atoms with Crippen LogP contribution in [0.25, 0.3) is 16.6 Å². The Morgan fingerprint density at radius 1 is 1.05 bits per heavy atom. The van der Waals surface area contributed by atoms with E-state index in [1.165, 1.54) is 18.7 Å². The molecule has 3 aromatic heterocycles. The zero-order chi connectivity index (χ0) is 25.6. The highest BCUT2D eigenvalue weighted by molar-refractivity contribution is 6.32. The minimum Gasteiger partial charge on any atom is -0.462 e. The standard InChI is InChI=1S/C25H20ClFN8O2/c1-25(2)11-36-24(34-25)32-14-3-4-17-16(9-14)23(30-12-28-17)33-18-5-6-19(21(26)22(18)27)37-15-7-8-35-20(10-15)29-13-31-35/h3-10,12-13H,11H2,1-2H3,(H,32,34)(H,28,30,33). The SMILES string of the molecule is CC1(C)COC(Nc2ccc3ncnc(Nc4ccc(Oc5ccn6ncnc6c5)c(Cl)c4F)c3c2)=N1. The fourth-order valence-corrected chi connectivity index (χ4v) is 4.03. The van der Waals surface area contributed by atoms with E-state index in [4.69, 9.17) is 21.1 Å². The summed E-state index contributed by atoms with van der Waals surface area (Å²) in [5.74, 6) is 0.334. The number of fused-ring (bicyclic) bond motifs is 2. The lowest BCUT2D eigenvalue weighted by Crippen LogP contribution is -2.17. The number of nitrogens with zero attached hydrogens (tertiary/aromatic N) is 6. The van der Waals surface area contributed by atoms with Gasteiger partial charge in [-0.1, -0.05) is 11.6 Å². The predicted octanol–water partition coefficient (Wildman–Crippen LogP) is 5.58. The number of amidine groups is 1. The third-order valence-electron chi connectivity index (χ3n) is 5.63. The summed E-state index contributed by atoms with van der Waals surface area (Å²) in [6.45, 7) is 4.47. The molecule has 0 spiro atoms. The first-order valence-corrected chi connectivity index (χ1v) is 11.7. The van der Waals surface area contributed by atoms with Crippen LogP contribution in [0.3, 0.4) is 0 Å². The van der Waals surface area contributed by atoms with E-state index >= 15 is 4.39 Å². The van der Waals surface area contributed by atoms with Gasteiger partial charge in [0.1, 0.15) is 41.6 Å². The summed E-state index contributed by atoms with van der Waals surface area (Å²) >= 11 is 6.33. The van der Waals surface area contributed by atoms with Crippen molar-refractivity contribution in [3.05, 3.63) is 72.2 Å². The molecule has 0 atom stereocenters. The maximum absolute atomic E-state index is 15.3. The van der Waals surface area contributed by atoms with E-state index in [0.29, 0.717) is 40.7 Å². The van der Waals surface area contributed by atoms with Crippen LogP contribution in [0.15, 0.2) is 66.3 Å². The average Bonchev–Trinajstić information content (AvgIpc) is 3.49. The molecule has 12 heteroatoms. The van der Waals surface area contributed by atoms with Crippen LogP contribution in [0.5, 0.6) is 11.5 Å². The number of hydrogen-bond acceptors (Lipinski definition) is 9. The smallest absolute Gasteiger partial charge is 0.289 e. The summed E-state index contributed by atoms with van der Waals surface area (Å²) in [6, 6.07) is 12.4. The number of aromatic nitrogens is 5. The van der Waals surface area contributed by atoms with E-state index in [-0.39, 0.29) is 22.0 Å². The fraction of sp³-hybridized carbons (Fsp3) is 0.160. The Labute approximate surface area is 215 Å². The van der Waals surface area contributed by atoms with E-state index < -0.39 is 5.82 Å². The minimum absolute atomic E-state index is 0.133. The van der Waals surface area contributed by atoms with Gasteiger partial charge in [0, 0.05) is 23.3 Å². The van der Waals surface area contributed by atoms with Crippen LogP contribution in [0.1, 0.15) is 13.8 Å². The van der Waals surface area contributed by atoms with E-state index in [1.807, 2.05) is 32.0 Å². The van der Waals surface area contributed by atoms with Crippen LogP contribution in [-0.4, -0.2) is 42.7 Å². The lowest BCUT2D eigenvalue weighted by Gasteiger charge is -2.14. The molecule has 0 saturated heterocycles. The average molecular weight is 519 g/mol. The Kier molecular flexibility index (Phi) is 5.49. The predicted molar refractivity (Wildman–Crippen MR) is 138 cm³/mol. The van der Waals surface area contributed by atoms with E-state index in [1.54, 1.807) is 28.9 Å². The number of halogens is 2. The van der Waals surface area contributed by atoms with Crippen molar-refractivity contribution in [2.75, 3.05) is 17.2 Å². The van der Waals surface area contributed by atoms with Crippen molar-refractivity contribution in [1.29, 1.82) is 0 Å². The Morgan fingerprint density at radius 2 is 1.95 bits per heavy atom. The number of hydrogen-bond donors (Lipinski definition) is 2.